The Hall–Kier alpha value is -1.55. The van der Waals surface area contributed by atoms with E-state index in [1.54, 1.807) is 7.11 Å². The van der Waals surface area contributed by atoms with Crippen LogP contribution in [0.15, 0.2) is 18.2 Å². The van der Waals surface area contributed by atoms with Crippen LogP contribution in [0.25, 0.3) is 0 Å². The van der Waals surface area contributed by atoms with E-state index in [1.807, 2.05) is 32.0 Å². The Kier molecular flexibility index (Phi) is 5.65. The van der Waals surface area contributed by atoms with Crippen LogP contribution in [0.5, 0.6) is 5.75 Å². The highest BCUT2D eigenvalue weighted by Gasteiger charge is 2.07. The van der Waals surface area contributed by atoms with Crippen LogP contribution < -0.4 is 15.8 Å². The van der Waals surface area contributed by atoms with Crippen molar-refractivity contribution in [1.29, 1.82) is 0 Å². The van der Waals surface area contributed by atoms with Crippen molar-refractivity contribution >= 4 is 11.6 Å². The van der Waals surface area contributed by atoms with E-state index < -0.39 is 0 Å². The summed E-state index contributed by atoms with van der Waals surface area (Å²) in [7, 11) is 1.60. The molecule has 1 amide bonds. The lowest BCUT2D eigenvalue weighted by atomic mass is 10.1. The van der Waals surface area contributed by atoms with Crippen LogP contribution in [0.4, 0.5) is 5.69 Å². The molecule has 0 saturated heterocycles. The Morgan fingerprint density at radius 1 is 1.50 bits per heavy atom. The molecule has 1 rings (SSSR count). The molecule has 1 unspecified atom stereocenters. The maximum absolute atomic E-state index is 11.7. The van der Waals surface area contributed by atoms with Gasteiger partial charge in [-0.05, 0) is 44.4 Å². The van der Waals surface area contributed by atoms with Crippen molar-refractivity contribution in [2.45, 2.75) is 39.2 Å². The summed E-state index contributed by atoms with van der Waals surface area (Å²) in [6.07, 6.45) is 2.15. The molecule has 4 nitrogen and oxygen atoms in total. The summed E-state index contributed by atoms with van der Waals surface area (Å²) in [5.74, 6) is 0.688. The first-order chi connectivity index (χ1) is 8.52. The number of ether oxygens (including phenoxy) is 1. The highest BCUT2D eigenvalue weighted by atomic mass is 16.5. The summed E-state index contributed by atoms with van der Waals surface area (Å²) in [6.45, 7) is 3.93. The van der Waals surface area contributed by atoms with Gasteiger partial charge in [0.05, 0.1) is 12.8 Å². The number of amides is 1. The number of aryl methyl sites for hydroxylation is 1. The molecular formula is C14H22N2O2. The van der Waals surface area contributed by atoms with E-state index in [2.05, 4.69) is 5.32 Å². The minimum absolute atomic E-state index is 0.00203. The molecule has 1 atom stereocenters. The van der Waals surface area contributed by atoms with Crippen LogP contribution in [0.3, 0.4) is 0 Å². The largest absolute Gasteiger partial charge is 0.495 e. The minimum Gasteiger partial charge on any atom is -0.495 e. The Morgan fingerprint density at radius 2 is 2.22 bits per heavy atom. The quantitative estimate of drug-likeness (QED) is 0.815. The molecule has 0 spiro atoms. The van der Waals surface area contributed by atoms with Gasteiger partial charge in [0.1, 0.15) is 5.75 Å². The van der Waals surface area contributed by atoms with Gasteiger partial charge < -0.3 is 15.8 Å². The summed E-state index contributed by atoms with van der Waals surface area (Å²) in [5, 5.41) is 2.86. The van der Waals surface area contributed by atoms with E-state index in [1.165, 1.54) is 0 Å². The number of rotatable bonds is 6. The average Bonchev–Trinajstić information content (AvgIpc) is 2.31. The smallest absolute Gasteiger partial charge is 0.224 e. The molecule has 0 aromatic heterocycles. The third-order valence-electron chi connectivity index (χ3n) is 2.69. The summed E-state index contributed by atoms with van der Waals surface area (Å²) in [6, 6.07) is 5.85. The van der Waals surface area contributed by atoms with Crippen LogP contribution in [-0.4, -0.2) is 19.1 Å². The standard InChI is InChI=1S/C14H22N2O2/c1-10-7-8-12(13(9-10)18-3)16-14(17)6-4-5-11(2)15/h7-9,11H,4-6,15H2,1-3H3,(H,16,17). The van der Waals surface area contributed by atoms with E-state index >= 15 is 0 Å². The molecule has 100 valence electrons. The molecule has 0 aliphatic carbocycles. The van der Waals surface area contributed by atoms with Gasteiger partial charge in [0.15, 0.2) is 0 Å². The van der Waals surface area contributed by atoms with E-state index in [4.69, 9.17) is 10.5 Å². The number of hydrogen-bond acceptors (Lipinski definition) is 3. The fraction of sp³-hybridized carbons (Fsp3) is 0.500. The third kappa shape index (κ3) is 4.75. The number of hydrogen-bond donors (Lipinski definition) is 2. The lowest BCUT2D eigenvalue weighted by Crippen LogP contribution is -2.17. The maximum atomic E-state index is 11.7. The topological polar surface area (TPSA) is 64.3 Å². The fourth-order valence-corrected chi connectivity index (χ4v) is 1.70. The average molecular weight is 250 g/mol. The van der Waals surface area contributed by atoms with E-state index in [0.717, 1.165) is 18.4 Å². The molecule has 1 aromatic rings. The lowest BCUT2D eigenvalue weighted by Gasteiger charge is -2.11. The van der Waals surface area contributed by atoms with Crippen LogP contribution in [0, 0.1) is 6.92 Å². The lowest BCUT2D eigenvalue weighted by molar-refractivity contribution is -0.116. The molecule has 18 heavy (non-hydrogen) atoms. The second-order valence-electron chi connectivity index (χ2n) is 4.62. The minimum atomic E-state index is -0.00203. The first-order valence-corrected chi connectivity index (χ1v) is 6.23. The normalized spacial score (nSPS) is 12.0. The van der Waals surface area contributed by atoms with Gasteiger partial charge in [-0.15, -0.1) is 0 Å². The zero-order valence-corrected chi connectivity index (χ0v) is 11.3. The second-order valence-corrected chi connectivity index (χ2v) is 4.62. The predicted octanol–water partition coefficient (Wildman–Crippen LogP) is 2.46. The van der Waals surface area contributed by atoms with Crippen molar-refractivity contribution in [3.8, 4) is 5.75 Å². The number of nitrogens with two attached hydrogens (primary N) is 1. The Labute approximate surface area is 109 Å². The van der Waals surface area contributed by atoms with Crippen LogP contribution >= 0.6 is 0 Å². The van der Waals surface area contributed by atoms with Crippen LogP contribution in [-0.2, 0) is 4.79 Å². The zero-order chi connectivity index (χ0) is 13.5. The number of nitrogens with one attached hydrogen (secondary N) is 1. The molecule has 0 aliphatic heterocycles. The maximum Gasteiger partial charge on any atom is 0.224 e. The van der Waals surface area contributed by atoms with E-state index in [0.29, 0.717) is 17.9 Å². The molecule has 1 aromatic carbocycles. The first-order valence-electron chi connectivity index (χ1n) is 6.23. The van der Waals surface area contributed by atoms with Gasteiger partial charge in [-0.3, -0.25) is 4.79 Å². The summed E-state index contributed by atoms with van der Waals surface area (Å²) >= 11 is 0. The van der Waals surface area contributed by atoms with Crippen molar-refractivity contribution < 1.29 is 9.53 Å². The molecule has 0 saturated carbocycles. The van der Waals surface area contributed by atoms with Gasteiger partial charge in [0.2, 0.25) is 5.91 Å². The Morgan fingerprint density at radius 3 is 2.83 bits per heavy atom. The van der Waals surface area contributed by atoms with Crippen molar-refractivity contribution in [2.75, 3.05) is 12.4 Å². The van der Waals surface area contributed by atoms with Crippen molar-refractivity contribution in [1.82, 2.24) is 0 Å². The van der Waals surface area contributed by atoms with Gasteiger partial charge in [-0.2, -0.15) is 0 Å². The molecule has 0 fully saturated rings. The SMILES string of the molecule is COc1cc(C)ccc1NC(=O)CCCC(C)N. The highest BCUT2D eigenvalue weighted by Crippen LogP contribution is 2.25. The number of methoxy groups -OCH3 is 1. The Bertz CT molecular complexity index is 403. The predicted molar refractivity (Wildman–Crippen MR) is 73.9 cm³/mol. The molecule has 3 N–H and O–H groups in total. The van der Waals surface area contributed by atoms with Crippen LogP contribution in [0.1, 0.15) is 31.7 Å². The molecular weight excluding hydrogens is 228 g/mol. The highest BCUT2D eigenvalue weighted by molar-refractivity contribution is 5.92. The fourth-order valence-electron chi connectivity index (χ4n) is 1.70. The number of carbonyl (C=O) groups is 1. The van der Waals surface area contributed by atoms with Crippen molar-refractivity contribution in [2.24, 2.45) is 5.73 Å². The van der Waals surface area contributed by atoms with Gasteiger partial charge >= 0.3 is 0 Å². The van der Waals surface area contributed by atoms with E-state index in [9.17, 15) is 4.79 Å². The monoisotopic (exact) mass is 250 g/mol. The third-order valence-corrected chi connectivity index (χ3v) is 2.69. The molecule has 0 aliphatic rings. The Balaban J connectivity index is 2.53. The van der Waals surface area contributed by atoms with E-state index in [-0.39, 0.29) is 11.9 Å². The number of anilines is 1. The molecule has 0 radical (unpaired) electrons. The molecule has 4 heteroatoms. The van der Waals surface area contributed by atoms with Gasteiger partial charge in [-0.25, -0.2) is 0 Å². The van der Waals surface area contributed by atoms with Crippen molar-refractivity contribution in [3.63, 3.8) is 0 Å². The number of carbonyl (C=O) groups excluding carboxylic acids is 1. The first kappa shape index (κ1) is 14.5. The number of benzene rings is 1. The molecule has 0 bridgehead atoms. The van der Waals surface area contributed by atoms with Crippen molar-refractivity contribution in [3.05, 3.63) is 23.8 Å². The summed E-state index contributed by atoms with van der Waals surface area (Å²) in [5.41, 5.74) is 7.46. The summed E-state index contributed by atoms with van der Waals surface area (Å²) in [4.78, 5) is 11.7. The van der Waals surface area contributed by atoms with Crippen LogP contribution in [0.2, 0.25) is 0 Å². The van der Waals surface area contributed by atoms with Gasteiger partial charge in [0, 0.05) is 12.5 Å². The van der Waals surface area contributed by atoms with Gasteiger partial charge in [0.25, 0.3) is 0 Å². The van der Waals surface area contributed by atoms with Gasteiger partial charge in [-0.1, -0.05) is 6.07 Å². The second kappa shape index (κ2) is 7.01. The summed E-state index contributed by atoms with van der Waals surface area (Å²) < 4.78 is 5.24. The molecule has 0 heterocycles. The zero-order valence-electron chi connectivity index (χ0n) is 11.3.